The Kier molecular flexibility index (Phi) is 7.44. The molecule has 1 aliphatic heterocycles. The number of esters is 1. The van der Waals surface area contributed by atoms with E-state index in [1.165, 1.54) is 36.3 Å². The first kappa shape index (κ1) is 24.7. The Bertz CT molecular complexity index is 1240. The van der Waals surface area contributed by atoms with E-state index in [0.29, 0.717) is 17.0 Å². The summed E-state index contributed by atoms with van der Waals surface area (Å²) in [5.41, 5.74) is 1.44. The van der Waals surface area contributed by atoms with E-state index in [1.54, 1.807) is 24.3 Å². The Labute approximate surface area is 209 Å². The smallest absolute Gasteiger partial charge is 0.337 e. The van der Waals surface area contributed by atoms with Gasteiger partial charge in [0, 0.05) is 0 Å². The average Bonchev–Trinajstić information content (AvgIpc) is 3.21. The van der Waals surface area contributed by atoms with Gasteiger partial charge in [-0.25, -0.2) is 9.69 Å². The van der Waals surface area contributed by atoms with Crippen LogP contribution in [0, 0.1) is 0 Å². The zero-order valence-electron chi connectivity index (χ0n) is 20.0. The van der Waals surface area contributed by atoms with E-state index in [0.717, 1.165) is 10.5 Å². The third-order valence-corrected chi connectivity index (χ3v) is 6.10. The number of amides is 3. The molecule has 8 nitrogen and oxygen atoms in total. The number of nitrogens with zero attached hydrogens (tertiary/aromatic N) is 2. The zero-order chi connectivity index (χ0) is 25.7. The molecule has 3 aromatic carbocycles. The topological polar surface area (TPSA) is 93.2 Å². The number of imide groups is 1. The van der Waals surface area contributed by atoms with E-state index >= 15 is 0 Å². The van der Waals surface area contributed by atoms with Crippen molar-refractivity contribution in [2.75, 3.05) is 18.6 Å². The van der Waals surface area contributed by atoms with Gasteiger partial charge in [0.05, 0.1) is 30.8 Å². The second kappa shape index (κ2) is 10.9. The summed E-state index contributed by atoms with van der Waals surface area (Å²) in [6, 6.07) is 22.7. The maximum atomic E-state index is 13.5. The van der Waals surface area contributed by atoms with E-state index in [2.05, 4.69) is 0 Å². The lowest BCUT2D eigenvalue weighted by atomic mass is 10.0. The lowest BCUT2D eigenvalue weighted by molar-refractivity contribution is -0.142. The largest absolute Gasteiger partial charge is 0.484 e. The Balaban J connectivity index is 1.61. The van der Waals surface area contributed by atoms with E-state index in [9.17, 15) is 19.2 Å². The molecule has 0 aromatic heterocycles. The number of anilines is 1. The summed E-state index contributed by atoms with van der Waals surface area (Å²) in [4.78, 5) is 54.2. The molecule has 2 unspecified atom stereocenters. The molecule has 4 rings (SSSR count). The van der Waals surface area contributed by atoms with Crippen molar-refractivity contribution >= 4 is 29.4 Å². The van der Waals surface area contributed by atoms with Crippen LogP contribution in [0.25, 0.3) is 0 Å². The molecule has 1 saturated heterocycles. The highest BCUT2D eigenvalue weighted by atomic mass is 16.5. The Hall–Kier alpha value is -4.46. The fourth-order valence-electron chi connectivity index (χ4n) is 4.26. The summed E-state index contributed by atoms with van der Waals surface area (Å²) >= 11 is 0. The number of ether oxygens (including phenoxy) is 2. The number of methoxy groups -OCH3 is 1. The van der Waals surface area contributed by atoms with Crippen LogP contribution in [0.2, 0.25) is 0 Å². The van der Waals surface area contributed by atoms with Crippen molar-refractivity contribution in [3.63, 3.8) is 0 Å². The highest BCUT2D eigenvalue weighted by Crippen LogP contribution is 2.31. The van der Waals surface area contributed by atoms with Crippen LogP contribution in [-0.4, -0.2) is 48.3 Å². The van der Waals surface area contributed by atoms with Gasteiger partial charge >= 0.3 is 5.97 Å². The molecule has 1 aliphatic rings. The number of benzene rings is 3. The fourth-order valence-corrected chi connectivity index (χ4v) is 4.26. The summed E-state index contributed by atoms with van der Waals surface area (Å²) in [5, 5.41) is 0. The molecule has 3 amide bonds. The first-order valence-corrected chi connectivity index (χ1v) is 11.5. The number of para-hydroxylation sites is 1. The molecule has 3 aromatic rings. The third-order valence-electron chi connectivity index (χ3n) is 6.10. The maximum Gasteiger partial charge on any atom is 0.337 e. The van der Waals surface area contributed by atoms with Crippen LogP contribution in [0.4, 0.5) is 5.69 Å². The van der Waals surface area contributed by atoms with Crippen molar-refractivity contribution in [2.45, 2.75) is 25.4 Å². The average molecular weight is 487 g/mol. The van der Waals surface area contributed by atoms with Gasteiger partial charge in [0.25, 0.3) is 11.8 Å². The molecule has 0 bridgehead atoms. The lowest BCUT2D eigenvalue weighted by Crippen LogP contribution is -2.48. The highest BCUT2D eigenvalue weighted by molar-refractivity contribution is 6.23. The van der Waals surface area contributed by atoms with Crippen LogP contribution >= 0.6 is 0 Å². The SMILES string of the molecule is COC(=O)c1ccc(N2C(=O)CC(N(C(=O)COc3ccccc3)C(C)c3ccccc3)C2=O)cc1. The normalized spacial score (nSPS) is 15.9. The third kappa shape index (κ3) is 5.12. The molecule has 0 spiro atoms. The minimum atomic E-state index is -1.00. The first-order valence-electron chi connectivity index (χ1n) is 11.5. The Morgan fingerprint density at radius 2 is 1.56 bits per heavy atom. The van der Waals surface area contributed by atoms with Gasteiger partial charge in [0.2, 0.25) is 5.91 Å². The minimum Gasteiger partial charge on any atom is -0.484 e. The van der Waals surface area contributed by atoms with Crippen LogP contribution in [0.3, 0.4) is 0 Å². The van der Waals surface area contributed by atoms with E-state index in [4.69, 9.17) is 9.47 Å². The number of carbonyl (C=O) groups is 4. The molecule has 36 heavy (non-hydrogen) atoms. The summed E-state index contributed by atoms with van der Waals surface area (Å²) in [5.74, 6) is -1.35. The van der Waals surface area contributed by atoms with Crippen molar-refractivity contribution < 1.29 is 28.7 Å². The molecule has 0 aliphatic carbocycles. The van der Waals surface area contributed by atoms with Crippen molar-refractivity contribution in [1.82, 2.24) is 4.90 Å². The first-order chi connectivity index (χ1) is 17.4. The summed E-state index contributed by atoms with van der Waals surface area (Å²) in [7, 11) is 1.27. The number of hydrogen-bond donors (Lipinski definition) is 0. The Morgan fingerprint density at radius 3 is 2.17 bits per heavy atom. The van der Waals surface area contributed by atoms with Crippen molar-refractivity contribution in [3.8, 4) is 5.75 Å². The number of carbonyl (C=O) groups excluding carboxylic acids is 4. The van der Waals surface area contributed by atoms with Gasteiger partial charge in [-0.1, -0.05) is 48.5 Å². The van der Waals surface area contributed by atoms with Gasteiger partial charge in [-0.3, -0.25) is 14.4 Å². The monoisotopic (exact) mass is 486 g/mol. The zero-order valence-corrected chi connectivity index (χ0v) is 20.0. The van der Waals surface area contributed by atoms with Gasteiger partial charge in [0.15, 0.2) is 6.61 Å². The standard InChI is InChI=1S/C28H26N2O6/c1-19(20-9-5-3-6-10-20)29(26(32)18-36-23-11-7-4-8-12-23)24-17-25(31)30(27(24)33)22-15-13-21(14-16-22)28(34)35-2/h3-16,19,24H,17-18H2,1-2H3. The fraction of sp³-hybridized carbons (Fsp3) is 0.214. The lowest BCUT2D eigenvalue weighted by Gasteiger charge is -2.33. The van der Waals surface area contributed by atoms with E-state index in [1.807, 2.05) is 43.3 Å². The molecule has 1 heterocycles. The molecule has 184 valence electrons. The van der Waals surface area contributed by atoms with Crippen LogP contribution in [-0.2, 0) is 19.1 Å². The Morgan fingerprint density at radius 1 is 0.944 bits per heavy atom. The molecule has 8 heteroatoms. The van der Waals surface area contributed by atoms with Gasteiger partial charge in [-0.05, 0) is 48.9 Å². The van der Waals surface area contributed by atoms with E-state index < -0.39 is 35.8 Å². The van der Waals surface area contributed by atoms with Crippen molar-refractivity contribution in [1.29, 1.82) is 0 Å². The predicted molar refractivity (Wildman–Crippen MR) is 132 cm³/mol. The molecular weight excluding hydrogens is 460 g/mol. The molecule has 0 saturated carbocycles. The highest BCUT2D eigenvalue weighted by Gasteiger charge is 2.46. The summed E-state index contributed by atoms with van der Waals surface area (Å²) in [6.07, 6.45) is -0.161. The van der Waals surface area contributed by atoms with Crippen LogP contribution < -0.4 is 9.64 Å². The maximum absolute atomic E-state index is 13.5. The number of hydrogen-bond acceptors (Lipinski definition) is 6. The minimum absolute atomic E-state index is 0.161. The van der Waals surface area contributed by atoms with E-state index in [-0.39, 0.29) is 13.0 Å². The van der Waals surface area contributed by atoms with Gasteiger partial charge in [-0.2, -0.15) is 0 Å². The number of rotatable bonds is 8. The van der Waals surface area contributed by atoms with Gasteiger partial charge in [0.1, 0.15) is 11.8 Å². The van der Waals surface area contributed by atoms with Crippen LogP contribution in [0.1, 0.15) is 35.3 Å². The van der Waals surface area contributed by atoms with Crippen LogP contribution in [0.15, 0.2) is 84.9 Å². The quantitative estimate of drug-likeness (QED) is 0.355. The van der Waals surface area contributed by atoms with Crippen molar-refractivity contribution in [3.05, 3.63) is 96.1 Å². The predicted octanol–water partition coefficient (Wildman–Crippen LogP) is 3.77. The second-order valence-corrected chi connectivity index (χ2v) is 8.32. The molecule has 1 fully saturated rings. The molecule has 0 radical (unpaired) electrons. The molecule has 2 atom stereocenters. The van der Waals surface area contributed by atoms with Crippen molar-refractivity contribution in [2.24, 2.45) is 0 Å². The van der Waals surface area contributed by atoms with Crippen LogP contribution in [0.5, 0.6) is 5.75 Å². The second-order valence-electron chi connectivity index (χ2n) is 8.32. The molecular formula is C28H26N2O6. The van der Waals surface area contributed by atoms with Gasteiger partial charge < -0.3 is 14.4 Å². The summed E-state index contributed by atoms with van der Waals surface area (Å²) < 4.78 is 10.4. The van der Waals surface area contributed by atoms with Gasteiger partial charge in [-0.15, -0.1) is 0 Å². The summed E-state index contributed by atoms with van der Waals surface area (Å²) in [6.45, 7) is 1.54. The molecule has 0 N–H and O–H groups in total.